The van der Waals surface area contributed by atoms with Crippen molar-refractivity contribution < 1.29 is 24.0 Å². The Labute approximate surface area is 302 Å². The SMILES string of the molecule is CNC(=O)NC1CCN(C(=O)[C@@H](CCCCCN)NC(=O)[C@@H](CC(C)C)NC(=O)[C@@H](Cc2ccccc2)NC(=O)[C@H](N)Cc2ccccc2)CC1. The van der Waals surface area contributed by atoms with Gasteiger partial charge in [0.05, 0.1) is 6.04 Å². The van der Waals surface area contributed by atoms with E-state index >= 15 is 0 Å². The molecule has 0 unspecified atom stereocenters. The van der Waals surface area contributed by atoms with E-state index in [2.05, 4.69) is 26.6 Å². The molecule has 1 aliphatic rings. The van der Waals surface area contributed by atoms with E-state index in [1.807, 2.05) is 74.5 Å². The highest BCUT2D eigenvalue weighted by Gasteiger charge is 2.33. The minimum atomic E-state index is -0.998. The number of rotatable bonds is 19. The second kappa shape index (κ2) is 21.7. The Morgan fingerprint density at radius 2 is 1.29 bits per heavy atom. The van der Waals surface area contributed by atoms with Gasteiger partial charge in [-0.3, -0.25) is 19.2 Å². The molecule has 2 aromatic carbocycles. The van der Waals surface area contributed by atoms with Crippen LogP contribution in [0, 0.1) is 5.92 Å². The highest BCUT2D eigenvalue weighted by molar-refractivity contribution is 5.95. The number of hydrogen-bond acceptors (Lipinski definition) is 7. The van der Waals surface area contributed by atoms with Gasteiger partial charge in [-0.1, -0.05) is 87.4 Å². The number of likely N-dealkylation sites (tertiary alicyclic amines) is 1. The van der Waals surface area contributed by atoms with Crippen LogP contribution in [-0.4, -0.2) is 91.5 Å². The van der Waals surface area contributed by atoms with Crippen molar-refractivity contribution in [3.8, 4) is 0 Å². The number of carbonyl (C=O) groups excluding carboxylic acids is 5. The van der Waals surface area contributed by atoms with Crippen molar-refractivity contribution in [3.63, 3.8) is 0 Å². The van der Waals surface area contributed by atoms with Crippen molar-refractivity contribution in [2.75, 3.05) is 26.7 Å². The monoisotopic (exact) mass is 706 g/mol. The Hall–Kier alpha value is -4.49. The van der Waals surface area contributed by atoms with Crippen LogP contribution in [0.1, 0.15) is 69.9 Å². The van der Waals surface area contributed by atoms with Crippen molar-refractivity contribution in [1.29, 1.82) is 0 Å². The molecule has 13 nitrogen and oxygen atoms in total. The normalized spacial score (nSPS) is 15.6. The van der Waals surface area contributed by atoms with Crippen molar-refractivity contribution in [3.05, 3.63) is 71.8 Å². The fourth-order valence-electron chi connectivity index (χ4n) is 6.20. The van der Waals surface area contributed by atoms with Crippen LogP contribution in [0.2, 0.25) is 0 Å². The van der Waals surface area contributed by atoms with Gasteiger partial charge in [0.1, 0.15) is 18.1 Å². The fourth-order valence-corrected chi connectivity index (χ4v) is 6.20. The maximum absolute atomic E-state index is 13.9. The zero-order valence-electron chi connectivity index (χ0n) is 30.4. The molecule has 1 heterocycles. The van der Waals surface area contributed by atoms with Crippen LogP contribution in [0.3, 0.4) is 0 Å². The number of unbranched alkanes of at least 4 members (excludes halogenated alkanes) is 2. The van der Waals surface area contributed by atoms with Gasteiger partial charge in [-0.25, -0.2) is 4.79 Å². The molecule has 0 bridgehead atoms. The molecule has 280 valence electrons. The lowest BCUT2D eigenvalue weighted by Crippen LogP contribution is -2.59. The first-order valence-corrected chi connectivity index (χ1v) is 18.2. The molecule has 6 amide bonds. The molecule has 4 atom stereocenters. The zero-order chi connectivity index (χ0) is 37.2. The summed E-state index contributed by atoms with van der Waals surface area (Å²) in [5, 5.41) is 14.2. The van der Waals surface area contributed by atoms with E-state index in [1.54, 1.807) is 11.9 Å². The van der Waals surface area contributed by atoms with Gasteiger partial charge in [0, 0.05) is 32.6 Å². The summed E-state index contributed by atoms with van der Waals surface area (Å²) in [5.41, 5.74) is 13.7. The number of nitrogens with one attached hydrogen (secondary N) is 5. The van der Waals surface area contributed by atoms with Gasteiger partial charge in [0.15, 0.2) is 0 Å². The number of carbonyl (C=O) groups is 5. The lowest BCUT2D eigenvalue weighted by atomic mass is 9.99. The Morgan fingerprint density at radius 3 is 1.86 bits per heavy atom. The molecule has 9 N–H and O–H groups in total. The van der Waals surface area contributed by atoms with Gasteiger partial charge in [0.2, 0.25) is 23.6 Å². The van der Waals surface area contributed by atoms with Crippen LogP contribution in [-0.2, 0) is 32.0 Å². The third kappa shape index (κ3) is 14.3. The number of nitrogens with two attached hydrogens (primary N) is 2. The molecule has 1 saturated heterocycles. The standard InChI is InChI=1S/C38H58N8O5/c1-26(2)23-32(35(48)43-31(17-11-6-12-20-39)37(50)46-21-18-29(19-22-46)42-38(51)41-3)45-36(49)33(25-28-15-9-5-10-16-28)44-34(47)30(40)24-27-13-7-4-8-14-27/h4-5,7-10,13-16,26,29-33H,6,11-12,17-25,39-40H2,1-3H3,(H,43,48)(H,44,47)(H,45,49)(H2,41,42,51)/t30-,31-,32-,33-/m1/s1. The predicted octanol–water partition coefficient (Wildman–Crippen LogP) is 1.74. The Kier molecular flexibility index (Phi) is 17.4. The summed E-state index contributed by atoms with van der Waals surface area (Å²) in [5.74, 6) is -1.61. The van der Waals surface area contributed by atoms with Crippen LogP contribution < -0.4 is 38.1 Å². The molecule has 51 heavy (non-hydrogen) atoms. The van der Waals surface area contributed by atoms with Crippen molar-refractivity contribution >= 4 is 29.7 Å². The van der Waals surface area contributed by atoms with Gasteiger partial charge in [-0.05, 0) is 62.1 Å². The number of urea groups is 1. The summed E-state index contributed by atoms with van der Waals surface area (Å²) in [7, 11) is 1.56. The maximum Gasteiger partial charge on any atom is 0.314 e. The molecule has 0 spiro atoms. The summed E-state index contributed by atoms with van der Waals surface area (Å²) in [6.45, 7) is 5.33. The van der Waals surface area contributed by atoms with E-state index < -0.39 is 41.9 Å². The Bertz CT molecular complexity index is 1390. The van der Waals surface area contributed by atoms with E-state index in [-0.39, 0.29) is 30.3 Å². The lowest BCUT2D eigenvalue weighted by molar-refractivity contribution is -0.138. The quantitative estimate of drug-likeness (QED) is 0.108. The molecule has 0 radical (unpaired) electrons. The van der Waals surface area contributed by atoms with Crippen LogP contribution in [0.4, 0.5) is 4.79 Å². The average molecular weight is 707 g/mol. The zero-order valence-corrected chi connectivity index (χ0v) is 30.4. The Balaban J connectivity index is 1.75. The van der Waals surface area contributed by atoms with E-state index in [9.17, 15) is 24.0 Å². The second-order valence-corrected chi connectivity index (χ2v) is 13.8. The van der Waals surface area contributed by atoms with Crippen LogP contribution in [0.25, 0.3) is 0 Å². The Morgan fingerprint density at radius 1 is 0.745 bits per heavy atom. The number of hydrogen-bond donors (Lipinski definition) is 7. The van der Waals surface area contributed by atoms with Gasteiger partial charge in [-0.15, -0.1) is 0 Å². The summed E-state index contributed by atoms with van der Waals surface area (Å²) in [6, 6.07) is 14.8. The molecule has 3 rings (SSSR count). The minimum absolute atomic E-state index is 0.0352. The molecule has 0 aliphatic carbocycles. The van der Waals surface area contributed by atoms with Crippen molar-refractivity contribution in [2.45, 2.75) is 102 Å². The largest absolute Gasteiger partial charge is 0.343 e. The van der Waals surface area contributed by atoms with Crippen LogP contribution in [0.15, 0.2) is 60.7 Å². The van der Waals surface area contributed by atoms with Gasteiger partial charge < -0.3 is 43.0 Å². The molecule has 13 heteroatoms. The molecule has 2 aromatic rings. The van der Waals surface area contributed by atoms with Crippen molar-refractivity contribution in [2.24, 2.45) is 17.4 Å². The van der Waals surface area contributed by atoms with Crippen LogP contribution >= 0.6 is 0 Å². The van der Waals surface area contributed by atoms with Gasteiger partial charge in [0.25, 0.3) is 0 Å². The summed E-state index contributed by atoms with van der Waals surface area (Å²) in [4.78, 5) is 68.5. The molecule has 1 fully saturated rings. The fraction of sp³-hybridized carbons (Fsp3) is 0.553. The van der Waals surface area contributed by atoms with E-state index in [0.717, 1.165) is 24.0 Å². The van der Waals surface area contributed by atoms with Crippen LogP contribution in [0.5, 0.6) is 0 Å². The van der Waals surface area contributed by atoms with Crippen molar-refractivity contribution in [1.82, 2.24) is 31.5 Å². The summed E-state index contributed by atoms with van der Waals surface area (Å²) < 4.78 is 0. The summed E-state index contributed by atoms with van der Waals surface area (Å²) >= 11 is 0. The third-order valence-corrected chi connectivity index (χ3v) is 9.07. The highest BCUT2D eigenvalue weighted by atomic mass is 16.2. The maximum atomic E-state index is 13.9. The predicted molar refractivity (Wildman–Crippen MR) is 198 cm³/mol. The number of amides is 6. The molecule has 0 aromatic heterocycles. The first kappa shape index (κ1) is 40.9. The summed E-state index contributed by atoms with van der Waals surface area (Å²) in [6.07, 6.45) is 4.75. The first-order chi connectivity index (χ1) is 24.5. The number of nitrogens with zero attached hydrogens (tertiary/aromatic N) is 1. The topological polar surface area (TPSA) is 201 Å². The average Bonchev–Trinajstić information content (AvgIpc) is 3.12. The number of piperidine rings is 1. The third-order valence-electron chi connectivity index (χ3n) is 9.07. The van der Waals surface area contributed by atoms with E-state index in [4.69, 9.17) is 11.5 Å². The first-order valence-electron chi connectivity index (χ1n) is 18.2. The molecule has 0 saturated carbocycles. The van der Waals surface area contributed by atoms with E-state index in [0.29, 0.717) is 58.2 Å². The number of benzene rings is 2. The van der Waals surface area contributed by atoms with Gasteiger partial charge >= 0.3 is 6.03 Å². The molecular weight excluding hydrogens is 648 g/mol. The molecular formula is C38H58N8O5. The van der Waals surface area contributed by atoms with Gasteiger partial charge in [-0.2, -0.15) is 0 Å². The van der Waals surface area contributed by atoms with E-state index in [1.165, 1.54) is 0 Å². The molecule has 1 aliphatic heterocycles. The second-order valence-electron chi connectivity index (χ2n) is 13.8. The minimum Gasteiger partial charge on any atom is -0.343 e. The lowest BCUT2D eigenvalue weighted by Gasteiger charge is -2.35. The smallest absolute Gasteiger partial charge is 0.314 e. The highest BCUT2D eigenvalue weighted by Crippen LogP contribution is 2.16.